The zero-order valence-corrected chi connectivity index (χ0v) is 19.2. The zero-order chi connectivity index (χ0) is 22.7. The molecule has 31 heavy (non-hydrogen) atoms. The normalized spacial score (nSPS) is 18.8. The number of halogens is 1. The minimum Gasteiger partial charge on any atom is -0.449 e. The minimum atomic E-state index is -0.563. The number of carbonyl (C=O) groups excluding carboxylic acids is 2. The van der Waals surface area contributed by atoms with Gasteiger partial charge in [0.1, 0.15) is 10.8 Å². The summed E-state index contributed by atoms with van der Waals surface area (Å²) in [5, 5.41) is 1.78. The average Bonchev–Trinajstić information content (AvgIpc) is 3.12. The number of hydrogen-bond acceptors (Lipinski definition) is 7. The number of hydroxylamine groups is 2. The summed E-state index contributed by atoms with van der Waals surface area (Å²) in [6, 6.07) is 1.35. The van der Waals surface area contributed by atoms with Crippen molar-refractivity contribution >= 4 is 40.3 Å². The number of ether oxygens (including phenoxy) is 2. The monoisotopic (exact) mass is 453 g/mol. The number of anilines is 1. The molecule has 3 rings (SSSR count). The van der Waals surface area contributed by atoms with E-state index in [1.807, 2.05) is 6.92 Å². The fourth-order valence-corrected chi connectivity index (χ4v) is 4.04. The van der Waals surface area contributed by atoms with Crippen LogP contribution in [0.5, 0.6) is 0 Å². The molecule has 1 saturated heterocycles. The molecule has 9 nitrogen and oxygen atoms in total. The van der Waals surface area contributed by atoms with Gasteiger partial charge in [-0.1, -0.05) is 18.5 Å². The Morgan fingerprint density at radius 1 is 1.35 bits per heavy atom. The van der Waals surface area contributed by atoms with Crippen molar-refractivity contribution in [1.29, 1.82) is 0 Å². The largest absolute Gasteiger partial charge is 0.449 e. The second-order valence-corrected chi connectivity index (χ2v) is 7.71. The van der Waals surface area contributed by atoms with Crippen molar-refractivity contribution in [1.82, 2.24) is 10.0 Å². The smallest absolute Gasteiger partial charge is 0.414 e. The van der Waals surface area contributed by atoms with E-state index in [0.29, 0.717) is 41.8 Å². The van der Waals surface area contributed by atoms with Crippen LogP contribution in [0.4, 0.5) is 10.5 Å². The van der Waals surface area contributed by atoms with Crippen LogP contribution in [0.3, 0.4) is 0 Å². The molecule has 0 aliphatic carbocycles. The highest BCUT2D eigenvalue weighted by molar-refractivity contribution is 6.30. The molecule has 10 heteroatoms. The van der Waals surface area contributed by atoms with Gasteiger partial charge in [0.15, 0.2) is 5.58 Å². The van der Waals surface area contributed by atoms with Crippen LogP contribution in [-0.4, -0.2) is 61.6 Å². The highest BCUT2D eigenvalue weighted by Gasteiger charge is 2.38. The number of rotatable bonds is 6. The topological polar surface area (TPSA) is 94.3 Å². The minimum absolute atomic E-state index is 0.00151. The van der Waals surface area contributed by atoms with Crippen LogP contribution in [0.15, 0.2) is 10.5 Å². The fraction of sp³-hybridized carbons (Fsp3) is 0.571. The number of fused-ring (bicyclic) bond motifs is 1. The number of aryl methyl sites for hydroxylation is 1. The van der Waals surface area contributed by atoms with Crippen molar-refractivity contribution in [2.45, 2.75) is 52.2 Å². The molecule has 2 unspecified atom stereocenters. The van der Waals surface area contributed by atoms with Gasteiger partial charge in [-0.15, -0.1) is 0 Å². The molecule has 1 aliphatic heterocycles. The van der Waals surface area contributed by atoms with Crippen molar-refractivity contribution in [3.63, 3.8) is 0 Å². The third-order valence-electron chi connectivity index (χ3n) is 5.41. The van der Waals surface area contributed by atoms with E-state index in [1.165, 1.54) is 19.1 Å². The van der Waals surface area contributed by atoms with Crippen LogP contribution in [0, 0.1) is 6.92 Å². The Hall–Kier alpha value is -2.36. The van der Waals surface area contributed by atoms with E-state index < -0.39 is 12.0 Å². The molecule has 3 heterocycles. The van der Waals surface area contributed by atoms with E-state index in [2.05, 4.69) is 4.98 Å². The standard InChI is InChI=1S/C21H28ClN3O6/c1-6-14-10-13(8-9-30-14)25(21(27)29-7-2)17-15-11-16(22)23-12(3)18(15)31-19(17)20(26)24(4)28-5/h11,13-14H,6-10H2,1-5H3. The third kappa shape index (κ3) is 4.63. The van der Waals surface area contributed by atoms with Crippen molar-refractivity contribution in [2.75, 3.05) is 32.3 Å². The highest BCUT2D eigenvalue weighted by Crippen LogP contribution is 2.40. The van der Waals surface area contributed by atoms with E-state index >= 15 is 0 Å². The predicted molar refractivity (Wildman–Crippen MR) is 115 cm³/mol. The molecule has 1 fully saturated rings. The van der Waals surface area contributed by atoms with E-state index in [0.717, 1.165) is 11.5 Å². The van der Waals surface area contributed by atoms with Gasteiger partial charge in [-0.05, 0) is 39.2 Å². The highest BCUT2D eigenvalue weighted by atomic mass is 35.5. The van der Waals surface area contributed by atoms with Crippen LogP contribution in [-0.2, 0) is 14.3 Å². The molecule has 0 aromatic carbocycles. The van der Waals surface area contributed by atoms with E-state index in [4.69, 9.17) is 30.3 Å². The molecule has 2 aromatic rings. The maximum Gasteiger partial charge on any atom is 0.414 e. The summed E-state index contributed by atoms with van der Waals surface area (Å²) < 4.78 is 17.1. The molecule has 0 N–H and O–H groups in total. The van der Waals surface area contributed by atoms with Gasteiger partial charge in [-0.3, -0.25) is 14.5 Å². The molecule has 0 spiro atoms. The van der Waals surface area contributed by atoms with Gasteiger partial charge in [-0.25, -0.2) is 14.8 Å². The number of furan rings is 1. The predicted octanol–water partition coefficient (Wildman–Crippen LogP) is 4.34. The number of pyridine rings is 1. The summed E-state index contributed by atoms with van der Waals surface area (Å²) in [7, 11) is 2.84. The third-order valence-corrected chi connectivity index (χ3v) is 5.60. The lowest BCUT2D eigenvalue weighted by atomic mass is 9.99. The van der Waals surface area contributed by atoms with Crippen LogP contribution in [0.25, 0.3) is 11.0 Å². The summed E-state index contributed by atoms with van der Waals surface area (Å²) in [5.41, 5.74) is 1.18. The Morgan fingerprint density at radius 2 is 2.10 bits per heavy atom. The van der Waals surface area contributed by atoms with Gasteiger partial charge < -0.3 is 13.9 Å². The molecule has 0 radical (unpaired) electrons. The van der Waals surface area contributed by atoms with E-state index in [-0.39, 0.29) is 29.7 Å². The van der Waals surface area contributed by atoms with Crippen molar-refractivity contribution < 1.29 is 28.3 Å². The number of amides is 2. The molecule has 170 valence electrons. The van der Waals surface area contributed by atoms with Gasteiger partial charge in [0.05, 0.1) is 30.9 Å². The van der Waals surface area contributed by atoms with Crippen LogP contribution in [0.2, 0.25) is 5.15 Å². The fourth-order valence-electron chi connectivity index (χ4n) is 3.81. The zero-order valence-electron chi connectivity index (χ0n) is 18.4. The Labute approximate surface area is 186 Å². The summed E-state index contributed by atoms with van der Waals surface area (Å²) in [6.07, 6.45) is 1.45. The lowest BCUT2D eigenvalue weighted by molar-refractivity contribution is -0.0772. The van der Waals surface area contributed by atoms with Crippen LogP contribution < -0.4 is 4.90 Å². The molecule has 0 saturated carbocycles. The lowest BCUT2D eigenvalue weighted by Crippen LogP contribution is -2.46. The Bertz CT molecular complexity index is 962. The van der Waals surface area contributed by atoms with Crippen LogP contribution >= 0.6 is 11.6 Å². The number of nitrogens with zero attached hydrogens (tertiary/aromatic N) is 3. The Kier molecular flexibility index (Phi) is 7.40. The number of hydrogen-bond donors (Lipinski definition) is 0. The van der Waals surface area contributed by atoms with Gasteiger partial charge >= 0.3 is 12.0 Å². The van der Waals surface area contributed by atoms with Crippen LogP contribution in [0.1, 0.15) is 49.4 Å². The van der Waals surface area contributed by atoms with Crippen molar-refractivity contribution in [2.24, 2.45) is 0 Å². The van der Waals surface area contributed by atoms with Crippen molar-refractivity contribution in [3.8, 4) is 0 Å². The molecule has 2 amide bonds. The maximum atomic E-state index is 13.2. The van der Waals surface area contributed by atoms with E-state index in [9.17, 15) is 9.59 Å². The summed E-state index contributed by atoms with van der Waals surface area (Å²) >= 11 is 6.22. The summed E-state index contributed by atoms with van der Waals surface area (Å²) in [4.78, 5) is 37.1. The second-order valence-electron chi connectivity index (χ2n) is 7.32. The molecule has 2 aromatic heterocycles. The molecule has 2 atom stereocenters. The lowest BCUT2D eigenvalue weighted by Gasteiger charge is -2.36. The molecule has 1 aliphatic rings. The average molecular weight is 454 g/mol. The molecular formula is C21H28ClN3O6. The SMILES string of the molecule is CCOC(=O)N(c1c(C(=O)N(C)OC)oc2c(C)nc(Cl)cc12)C1CCOC(CC)C1. The second kappa shape index (κ2) is 9.84. The number of carbonyl (C=O) groups is 2. The van der Waals surface area contributed by atoms with E-state index in [1.54, 1.807) is 19.9 Å². The van der Waals surface area contributed by atoms with Gasteiger partial charge in [0.2, 0.25) is 5.76 Å². The Morgan fingerprint density at radius 3 is 2.74 bits per heavy atom. The molecule has 0 bridgehead atoms. The Balaban J connectivity index is 2.25. The molecular weight excluding hydrogens is 426 g/mol. The first-order valence-corrected chi connectivity index (χ1v) is 10.7. The van der Waals surface area contributed by atoms with Gasteiger partial charge in [0, 0.05) is 19.7 Å². The van der Waals surface area contributed by atoms with Gasteiger partial charge in [-0.2, -0.15) is 0 Å². The quantitative estimate of drug-likeness (QED) is 0.474. The summed E-state index contributed by atoms with van der Waals surface area (Å²) in [6.45, 7) is 6.18. The first-order valence-electron chi connectivity index (χ1n) is 10.3. The van der Waals surface area contributed by atoms with Crippen molar-refractivity contribution in [3.05, 3.63) is 22.7 Å². The van der Waals surface area contributed by atoms with Gasteiger partial charge in [0.25, 0.3) is 0 Å². The summed E-state index contributed by atoms with van der Waals surface area (Å²) in [5.74, 6) is -0.586. The first-order chi connectivity index (χ1) is 14.8. The number of aromatic nitrogens is 1. The maximum absolute atomic E-state index is 13.2. The first kappa shape index (κ1) is 23.3.